The summed E-state index contributed by atoms with van der Waals surface area (Å²) in [7, 11) is 0. The lowest BCUT2D eigenvalue weighted by atomic mass is 10.1. The molecule has 0 saturated heterocycles. The molecule has 0 radical (unpaired) electrons. The summed E-state index contributed by atoms with van der Waals surface area (Å²) >= 11 is 7.19. The van der Waals surface area contributed by atoms with Crippen molar-refractivity contribution in [2.24, 2.45) is 0 Å². The molecule has 5 heteroatoms. The van der Waals surface area contributed by atoms with Crippen molar-refractivity contribution in [2.75, 3.05) is 0 Å². The molecule has 2 N–H and O–H groups in total. The van der Waals surface area contributed by atoms with E-state index in [0.29, 0.717) is 10.8 Å². The Kier molecular flexibility index (Phi) is 2.86. The van der Waals surface area contributed by atoms with Gasteiger partial charge in [0, 0.05) is 18.8 Å². The third-order valence-electron chi connectivity index (χ3n) is 1.91. The molecule has 74 valence electrons. The van der Waals surface area contributed by atoms with Gasteiger partial charge in [-0.1, -0.05) is 11.6 Å². The van der Waals surface area contributed by atoms with Crippen LogP contribution in [-0.2, 0) is 6.42 Å². The van der Waals surface area contributed by atoms with Crippen LogP contribution in [0.5, 0.6) is 0 Å². The van der Waals surface area contributed by atoms with E-state index in [1.54, 1.807) is 18.5 Å². The van der Waals surface area contributed by atoms with Crippen LogP contribution in [-0.4, -0.2) is 15.1 Å². The molecule has 2 heterocycles. The summed E-state index contributed by atoms with van der Waals surface area (Å²) in [6.45, 7) is 0. The topological polar surface area (TPSA) is 48.9 Å². The van der Waals surface area contributed by atoms with Gasteiger partial charge in [-0.05, 0) is 17.0 Å². The Balaban J connectivity index is 2.06. The van der Waals surface area contributed by atoms with Gasteiger partial charge in [0.2, 0.25) is 0 Å². The summed E-state index contributed by atoms with van der Waals surface area (Å²) in [5.41, 5.74) is 0.844. The Morgan fingerprint density at radius 2 is 2.50 bits per heavy atom. The second kappa shape index (κ2) is 4.13. The summed E-state index contributed by atoms with van der Waals surface area (Å²) in [6, 6.07) is 1.78. The highest BCUT2D eigenvalue weighted by molar-refractivity contribution is 7.14. The molecule has 0 aliphatic carbocycles. The number of H-pyrrole nitrogens is 1. The highest BCUT2D eigenvalue weighted by atomic mass is 35.5. The molecule has 2 rings (SSSR count). The van der Waals surface area contributed by atoms with Crippen LogP contribution in [0.1, 0.15) is 17.5 Å². The van der Waals surface area contributed by atoms with Crippen LogP contribution >= 0.6 is 22.9 Å². The first-order valence-electron chi connectivity index (χ1n) is 4.16. The van der Waals surface area contributed by atoms with E-state index >= 15 is 0 Å². The number of aromatic amines is 1. The van der Waals surface area contributed by atoms with Crippen molar-refractivity contribution >= 4 is 22.9 Å². The molecular weight excluding hydrogens is 220 g/mol. The third kappa shape index (κ3) is 2.15. The standard InChI is InChI=1S/C9H9ClN2OS/c10-8-3-6(5-14-8)7(13)4-9-11-1-2-12-9/h1-3,5,7,13H,4H2,(H,11,12). The SMILES string of the molecule is OC(Cc1ncc[nH]1)c1csc(Cl)c1. The maximum Gasteiger partial charge on any atom is 0.108 e. The summed E-state index contributed by atoms with van der Waals surface area (Å²) in [6.07, 6.45) is 3.36. The first-order valence-corrected chi connectivity index (χ1v) is 5.41. The maximum absolute atomic E-state index is 9.79. The molecule has 0 saturated carbocycles. The number of aliphatic hydroxyl groups excluding tert-OH is 1. The second-order valence-electron chi connectivity index (χ2n) is 2.94. The number of imidazole rings is 1. The van der Waals surface area contributed by atoms with E-state index in [0.717, 1.165) is 11.4 Å². The predicted octanol–water partition coefficient (Wildman–Crippen LogP) is 2.40. The van der Waals surface area contributed by atoms with Crippen LogP contribution in [0.3, 0.4) is 0 Å². The average molecular weight is 229 g/mol. The van der Waals surface area contributed by atoms with Gasteiger partial charge in [0.15, 0.2) is 0 Å². The Bertz CT molecular complexity index is 399. The zero-order chi connectivity index (χ0) is 9.97. The minimum absolute atomic E-state index is 0.486. The number of aromatic nitrogens is 2. The van der Waals surface area contributed by atoms with Crippen molar-refractivity contribution in [1.82, 2.24) is 9.97 Å². The van der Waals surface area contributed by atoms with Crippen molar-refractivity contribution in [3.8, 4) is 0 Å². The monoisotopic (exact) mass is 228 g/mol. The second-order valence-corrected chi connectivity index (χ2v) is 4.48. The zero-order valence-corrected chi connectivity index (χ0v) is 8.85. The van der Waals surface area contributed by atoms with Gasteiger partial charge in [-0.3, -0.25) is 0 Å². The molecular formula is C9H9ClN2OS. The summed E-state index contributed by atoms with van der Waals surface area (Å²) < 4.78 is 0.693. The Labute approximate surface area is 90.4 Å². The van der Waals surface area contributed by atoms with E-state index in [1.165, 1.54) is 11.3 Å². The number of hydrogen-bond acceptors (Lipinski definition) is 3. The lowest BCUT2D eigenvalue weighted by Gasteiger charge is -2.05. The normalized spacial score (nSPS) is 13.0. The molecule has 1 atom stereocenters. The molecule has 0 aliphatic rings. The lowest BCUT2D eigenvalue weighted by Crippen LogP contribution is -2.01. The highest BCUT2D eigenvalue weighted by Crippen LogP contribution is 2.26. The van der Waals surface area contributed by atoms with Crippen molar-refractivity contribution in [3.63, 3.8) is 0 Å². The fourth-order valence-electron chi connectivity index (χ4n) is 1.21. The minimum atomic E-state index is -0.537. The lowest BCUT2D eigenvalue weighted by molar-refractivity contribution is 0.176. The number of nitrogens with zero attached hydrogens (tertiary/aromatic N) is 1. The van der Waals surface area contributed by atoms with E-state index in [9.17, 15) is 5.11 Å². The Morgan fingerprint density at radius 3 is 3.07 bits per heavy atom. The molecule has 14 heavy (non-hydrogen) atoms. The van der Waals surface area contributed by atoms with Crippen LogP contribution in [0.15, 0.2) is 23.8 Å². The quantitative estimate of drug-likeness (QED) is 0.848. The largest absolute Gasteiger partial charge is 0.388 e. The van der Waals surface area contributed by atoms with Gasteiger partial charge in [0.05, 0.1) is 10.4 Å². The zero-order valence-electron chi connectivity index (χ0n) is 7.27. The summed E-state index contributed by atoms with van der Waals surface area (Å²) in [5.74, 6) is 0.778. The van der Waals surface area contributed by atoms with Gasteiger partial charge in [-0.2, -0.15) is 0 Å². The van der Waals surface area contributed by atoms with E-state index < -0.39 is 6.10 Å². The van der Waals surface area contributed by atoms with Crippen LogP contribution in [0, 0.1) is 0 Å². The molecule has 0 spiro atoms. The fraction of sp³-hybridized carbons (Fsp3) is 0.222. The first kappa shape index (κ1) is 9.71. The van der Waals surface area contributed by atoms with Gasteiger partial charge >= 0.3 is 0 Å². The van der Waals surface area contributed by atoms with E-state index in [2.05, 4.69) is 9.97 Å². The molecule has 0 aliphatic heterocycles. The van der Waals surface area contributed by atoms with Gasteiger partial charge in [-0.15, -0.1) is 11.3 Å². The number of nitrogens with one attached hydrogen (secondary N) is 1. The van der Waals surface area contributed by atoms with E-state index in [4.69, 9.17) is 11.6 Å². The van der Waals surface area contributed by atoms with Gasteiger partial charge in [-0.25, -0.2) is 4.98 Å². The van der Waals surface area contributed by atoms with Crippen LogP contribution in [0.4, 0.5) is 0 Å². The number of thiophene rings is 1. The molecule has 0 aromatic carbocycles. The molecule has 1 unspecified atom stereocenters. The molecule has 0 fully saturated rings. The van der Waals surface area contributed by atoms with Crippen LogP contribution in [0.25, 0.3) is 0 Å². The number of rotatable bonds is 3. The van der Waals surface area contributed by atoms with Crippen molar-refractivity contribution in [3.05, 3.63) is 39.6 Å². The first-order chi connectivity index (χ1) is 6.75. The average Bonchev–Trinajstić information content (AvgIpc) is 2.75. The van der Waals surface area contributed by atoms with Crippen LogP contribution < -0.4 is 0 Å². The molecule has 2 aromatic rings. The molecule has 3 nitrogen and oxygen atoms in total. The minimum Gasteiger partial charge on any atom is -0.388 e. The van der Waals surface area contributed by atoms with Gasteiger partial charge in [0.25, 0.3) is 0 Å². The summed E-state index contributed by atoms with van der Waals surface area (Å²) in [5, 5.41) is 11.7. The number of aliphatic hydroxyl groups is 1. The van der Waals surface area contributed by atoms with Crippen molar-refractivity contribution in [1.29, 1.82) is 0 Å². The smallest absolute Gasteiger partial charge is 0.108 e. The van der Waals surface area contributed by atoms with Gasteiger partial charge < -0.3 is 10.1 Å². The van der Waals surface area contributed by atoms with Crippen LogP contribution in [0.2, 0.25) is 4.34 Å². The van der Waals surface area contributed by atoms with E-state index in [-0.39, 0.29) is 0 Å². The molecule has 2 aromatic heterocycles. The third-order valence-corrected chi connectivity index (χ3v) is 3.02. The summed E-state index contributed by atoms with van der Waals surface area (Å²) in [4.78, 5) is 6.99. The fourth-order valence-corrected chi connectivity index (χ4v) is 2.15. The highest BCUT2D eigenvalue weighted by Gasteiger charge is 2.11. The van der Waals surface area contributed by atoms with E-state index in [1.807, 2.05) is 5.38 Å². The van der Waals surface area contributed by atoms with Gasteiger partial charge in [0.1, 0.15) is 5.82 Å². The molecule has 0 amide bonds. The number of hydrogen-bond donors (Lipinski definition) is 2. The predicted molar refractivity (Wildman–Crippen MR) is 56.6 cm³/mol. The van der Waals surface area contributed by atoms with Crippen molar-refractivity contribution < 1.29 is 5.11 Å². The van der Waals surface area contributed by atoms with Crippen molar-refractivity contribution in [2.45, 2.75) is 12.5 Å². The Morgan fingerprint density at radius 1 is 1.64 bits per heavy atom. The Hall–Kier alpha value is -0.840. The maximum atomic E-state index is 9.79. The number of halogens is 1. The molecule has 0 bridgehead atoms.